The van der Waals surface area contributed by atoms with E-state index in [9.17, 15) is 0 Å². The fourth-order valence-electron chi connectivity index (χ4n) is 10.7. The Morgan fingerprint density at radius 3 is 0.633 bits per heavy atom. The van der Waals surface area contributed by atoms with E-state index in [0.717, 1.165) is 0 Å². The van der Waals surface area contributed by atoms with Crippen molar-refractivity contribution in [2.24, 2.45) is 0 Å². The van der Waals surface area contributed by atoms with Crippen LogP contribution < -0.4 is 0 Å². The lowest BCUT2D eigenvalue weighted by atomic mass is 9.78. The van der Waals surface area contributed by atoms with Crippen molar-refractivity contribution in [3.63, 3.8) is 0 Å². The molecule has 4 heteroatoms. The summed E-state index contributed by atoms with van der Waals surface area (Å²) in [4.78, 5) is 0. The summed E-state index contributed by atoms with van der Waals surface area (Å²) >= 11 is 0. The van der Waals surface area contributed by atoms with E-state index in [-0.39, 0.29) is 0 Å². The first-order chi connectivity index (χ1) is 28.9. The van der Waals surface area contributed by atoms with Crippen molar-refractivity contribution in [3.05, 3.63) is 152 Å². The Morgan fingerprint density at radius 2 is 0.467 bits per heavy atom. The minimum atomic E-state index is 0.583. The zero-order valence-corrected chi connectivity index (χ0v) is 37.5. The highest BCUT2D eigenvalue weighted by molar-refractivity contribution is 6.32. The first-order valence-corrected chi connectivity index (χ1v) is 21.0. The first kappa shape index (κ1) is 41.4. The summed E-state index contributed by atoms with van der Waals surface area (Å²) in [7, 11) is 7.07. The summed E-state index contributed by atoms with van der Waals surface area (Å²) < 4.78 is 22.4. The average molecular weight is 795 g/mol. The van der Waals surface area contributed by atoms with Gasteiger partial charge in [-0.25, -0.2) is 0 Å². The minimum Gasteiger partial charge on any atom is -0.380 e. The zero-order valence-electron chi connectivity index (χ0n) is 37.5. The highest BCUT2D eigenvalue weighted by Crippen LogP contribution is 2.51. The van der Waals surface area contributed by atoms with Crippen LogP contribution >= 0.6 is 0 Å². The third kappa shape index (κ3) is 7.10. The van der Waals surface area contributed by atoms with E-state index >= 15 is 0 Å². The SMILES string of the molecule is COCc1cc(C)c(-c2cc(-c3c(C)cc(COC)cc3C)c3ccc4c(-c5c(C)cc(COC)cc5C)cc(-c5c(C)cc(COC)cc5C)c5ccc2c3c54)c(C)c1. The van der Waals surface area contributed by atoms with Crippen LogP contribution in [0, 0.1) is 55.4 Å². The van der Waals surface area contributed by atoms with Gasteiger partial charge in [0.1, 0.15) is 0 Å². The molecule has 8 aromatic rings. The van der Waals surface area contributed by atoms with Crippen LogP contribution in [0.5, 0.6) is 0 Å². The molecule has 0 aliphatic rings. The van der Waals surface area contributed by atoms with E-state index in [2.05, 4.69) is 140 Å². The van der Waals surface area contributed by atoms with Gasteiger partial charge in [0.2, 0.25) is 0 Å². The Labute approximate surface area is 356 Å². The van der Waals surface area contributed by atoms with Crippen LogP contribution in [-0.4, -0.2) is 28.4 Å². The van der Waals surface area contributed by atoms with E-state index < -0.39 is 0 Å². The van der Waals surface area contributed by atoms with Crippen molar-refractivity contribution >= 4 is 32.3 Å². The van der Waals surface area contributed by atoms with E-state index in [1.54, 1.807) is 28.4 Å². The van der Waals surface area contributed by atoms with Crippen LogP contribution in [0.25, 0.3) is 76.8 Å². The Bertz CT molecular complexity index is 2470. The molecule has 0 atom stereocenters. The van der Waals surface area contributed by atoms with Crippen molar-refractivity contribution in [3.8, 4) is 44.5 Å². The number of ether oxygens (including phenoxy) is 4. The molecule has 0 aliphatic heterocycles. The number of hydrogen-bond acceptors (Lipinski definition) is 4. The molecule has 0 unspecified atom stereocenters. The van der Waals surface area contributed by atoms with Gasteiger partial charge >= 0.3 is 0 Å². The van der Waals surface area contributed by atoms with Crippen molar-refractivity contribution < 1.29 is 18.9 Å². The number of benzene rings is 8. The Kier molecular flexibility index (Phi) is 11.4. The molecule has 0 bridgehead atoms. The van der Waals surface area contributed by atoms with Crippen LogP contribution in [0.1, 0.15) is 66.8 Å². The van der Waals surface area contributed by atoms with Crippen molar-refractivity contribution in [2.75, 3.05) is 28.4 Å². The lowest BCUT2D eigenvalue weighted by Crippen LogP contribution is -2.01. The maximum Gasteiger partial charge on any atom is 0.0713 e. The van der Waals surface area contributed by atoms with Crippen LogP contribution in [0.4, 0.5) is 0 Å². The van der Waals surface area contributed by atoms with E-state index in [1.807, 2.05) is 0 Å². The molecule has 4 nitrogen and oxygen atoms in total. The van der Waals surface area contributed by atoms with Gasteiger partial charge in [0.15, 0.2) is 0 Å². The number of hydrogen-bond donors (Lipinski definition) is 0. The molecule has 0 N–H and O–H groups in total. The molecule has 0 aromatic heterocycles. The number of aryl methyl sites for hydroxylation is 8. The van der Waals surface area contributed by atoms with Gasteiger partial charge in [0.05, 0.1) is 26.4 Å². The smallest absolute Gasteiger partial charge is 0.0713 e. The molecule has 8 aromatic carbocycles. The molecule has 306 valence electrons. The van der Waals surface area contributed by atoms with E-state index in [1.165, 1.54) is 144 Å². The molecule has 0 heterocycles. The summed E-state index contributed by atoms with van der Waals surface area (Å²) in [6.07, 6.45) is 0. The van der Waals surface area contributed by atoms with E-state index in [4.69, 9.17) is 18.9 Å². The molecule has 8 rings (SSSR count). The monoisotopic (exact) mass is 794 g/mol. The Hall–Kier alpha value is -5.36. The van der Waals surface area contributed by atoms with Gasteiger partial charge in [0, 0.05) is 28.4 Å². The van der Waals surface area contributed by atoms with Crippen LogP contribution in [-0.2, 0) is 45.4 Å². The predicted molar refractivity (Wildman–Crippen MR) is 253 cm³/mol. The fraction of sp³-hybridized carbons (Fsp3) is 0.286. The molecule has 0 amide bonds. The molecule has 0 saturated carbocycles. The number of rotatable bonds is 12. The Balaban J connectivity index is 1.58. The van der Waals surface area contributed by atoms with Gasteiger partial charge in [-0.2, -0.15) is 0 Å². The molecule has 0 saturated heterocycles. The van der Waals surface area contributed by atoms with Gasteiger partial charge in [-0.3, -0.25) is 0 Å². The number of methoxy groups -OCH3 is 4. The topological polar surface area (TPSA) is 36.9 Å². The summed E-state index contributed by atoms with van der Waals surface area (Å²) in [6, 6.07) is 32.9. The Morgan fingerprint density at radius 1 is 0.283 bits per heavy atom. The highest BCUT2D eigenvalue weighted by Gasteiger charge is 2.25. The molecule has 60 heavy (non-hydrogen) atoms. The fourth-order valence-corrected chi connectivity index (χ4v) is 10.7. The molecular formula is C56H58O4. The van der Waals surface area contributed by atoms with Gasteiger partial charge in [0.25, 0.3) is 0 Å². The minimum absolute atomic E-state index is 0.583. The second-order valence-corrected chi connectivity index (χ2v) is 17.2. The largest absolute Gasteiger partial charge is 0.380 e. The third-order valence-electron chi connectivity index (χ3n) is 12.6. The van der Waals surface area contributed by atoms with Crippen molar-refractivity contribution in [1.29, 1.82) is 0 Å². The second kappa shape index (κ2) is 16.6. The summed E-state index contributed by atoms with van der Waals surface area (Å²) in [6.45, 7) is 20.4. The maximum atomic E-state index is 5.61. The summed E-state index contributed by atoms with van der Waals surface area (Å²) in [5.41, 5.74) is 24.9. The predicted octanol–water partition coefficient (Wildman–Crippen LogP) is 14.3. The van der Waals surface area contributed by atoms with Crippen molar-refractivity contribution in [1.82, 2.24) is 0 Å². The normalized spacial score (nSPS) is 11.9. The molecule has 0 aliphatic carbocycles. The third-order valence-corrected chi connectivity index (χ3v) is 12.6. The average Bonchev–Trinajstić information content (AvgIpc) is 3.18. The van der Waals surface area contributed by atoms with Crippen LogP contribution in [0.15, 0.2) is 84.9 Å². The van der Waals surface area contributed by atoms with E-state index in [0.29, 0.717) is 26.4 Å². The molecule has 0 spiro atoms. The first-order valence-electron chi connectivity index (χ1n) is 21.0. The lowest BCUT2D eigenvalue weighted by molar-refractivity contribution is 0.185. The highest BCUT2D eigenvalue weighted by atomic mass is 16.5. The molecule has 0 radical (unpaired) electrons. The zero-order chi connectivity index (χ0) is 42.6. The van der Waals surface area contributed by atoms with Gasteiger partial charge in [-0.05, 0) is 211 Å². The summed E-state index contributed by atoms with van der Waals surface area (Å²) in [5, 5.41) is 7.66. The van der Waals surface area contributed by atoms with Crippen LogP contribution in [0.3, 0.4) is 0 Å². The second-order valence-electron chi connectivity index (χ2n) is 17.2. The molecular weight excluding hydrogens is 737 g/mol. The lowest BCUT2D eigenvalue weighted by Gasteiger charge is -2.25. The molecule has 0 fully saturated rings. The van der Waals surface area contributed by atoms with Gasteiger partial charge < -0.3 is 18.9 Å². The van der Waals surface area contributed by atoms with Crippen molar-refractivity contribution in [2.45, 2.75) is 81.8 Å². The van der Waals surface area contributed by atoms with Gasteiger partial charge in [-0.1, -0.05) is 72.8 Å². The summed E-state index contributed by atoms with van der Waals surface area (Å²) in [5.74, 6) is 0. The van der Waals surface area contributed by atoms with Gasteiger partial charge in [-0.15, -0.1) is 0 Å². The standard InChI is InChI=1S/C56H58O4/c1-31-17-39(27-57-9)18-32(2)51(31)47-25-48(52-33(3)19-40(28-58-10)20-34(52)4)44-15-16-46-50(54-37(7)23-42(30-60-12)24-38(54)8)26-49(45-14-13-43(47)55(44)56(45)46)53-35(5)21-41(29-59-11)22-36(53)6/h13-26H,27-30H2,1-12H3. The maximum absolute atomic E-state index is 5.61. The quantitative estimate of drug-likeness (QED) is 0.115. The van der Waals surface area contributed by atoms with Crippen LogP contribution in [0.2, 0.25) is 0 Å².